The van der Waals surface area contributed by atoms with Crippen molar-refractivity contribution >= 4 is 28.6 Å². The standard InChI is InChI=1S/C21H24N6O3/c1-12-16(17-18(27-21(2)5-6-21)24-11-25-20(17)30-12)19(28)26-15-10-22-14(9-23-15)13-3-7-29-8-4-13/h9-11,13H,3-8H2,1-2H3,(H,23,26,28)(H,24,25,27). The summed E-state index contributed by atoms with van der Waals surface area (Å²) in [5.74, 6) is 1.52. The average molecular weight is 408 g/mol. The lowest BCUT2D eigenvalue weighted by Gasteiger charge is -2.21. The molecular formula is C21H24N6O3. The molecule has 4 heterocycles. The predicted octanol–water partition coefficient (Wildman–Crippen LogP) is 3.43. The first-order valence-corrected chi connectivity index (χ1v) is 10.3. The topological polar surface area (TPSA) is 115 Å². The van der Waals surface area contributed by atoms with Crippen molar-refractivity contribution in [3.63, 3.8) is 0 Å². The summed E-state index contributed by atoms with van der Waals surface area (Å²) in [6.45, 7) is 5.37. The quantitative estimate of drug-likeness (QED) is 0.660. The second-order valence-electron chi connectivity index (χ2n) is 8.29. The number of furan rings is 1. The largest absolute Gasteiger partial charge is 0.442 e. The second-order valence-corrected chi connectivity index (χ2v) is 8.29. The molecule has 0 aromatic carbocycles. The third kappa shape index (κ3) is 3.60. The van der Waals surface area contributed by atoms with Crippen LogP contribution >= 0.6 is 0 Å². The molecule has 1 amide bonds. The van der Waals surface area contributed by atoms with Crippen molar-refractivity contribution in [2.24, 2.45) is 0 Å². The van der Waals surface area contributed by atoms with Crippen molar-refractivity contribution in [3.05, 3.63) is 35.7 Å². The van der Waals surface area contributed by atoms with E-state index in [4.69, 9.17) is 9.15 Å². The maximum absolute atomic E-state index is 13.1. The summed E-state index contributed by atoms with van der Waals surface area (Å²) in [5.41, 5.74) is 1.73. The van der Waals surface area contributed by atoms with Crippen LogP contribution in [0, 0.1) is 6.92 Å². The fourth-order valence-corrected chi connectivity index (χ4v) is 3.80. The lowest BCUT2D eigenvalue weighted by Crippen LogP contribution is -2.19. The lowest BCUT2D eigenvalue weighted by molar-refractivity contribution is 0.0844. The van der Waals surface area contributed by atoms with Crippen molar-refractivity contribution in [1.82, 2.24) is 19.9 Å². The molecule has 5 rings (SSSR count). The number of hydrogen-bond acceptors (Lipinski definition) is 8. The highest BCUT2D eigenvalue weighted by Gasteiger charge is 2.38. The van der Waals surface area contributed by atoms with E-state index >= 15 is 0 Å². The van der Waals surface area contributed by atoms with Gasteiger partial charge in [0.2, 0.25) is 5.71 Å². The number of rotatable bonds is 5. The van der Waals surface area contributed by atoms with Gasteiger partial charge in [-0.05, 0) is 39.5 Å². The van der Waals surface area contributed by atoms with Gasteiger partial charge in [-0.25, -0.2) is 15.0 Å². The van der Waals surface area contributed by atoms with Crippen LogP contribution in [0.25, 0.3) is 11.1 Å². The maximum atomic E-state index is 13.1. The van der Waals surface area contributed by atoms with Gasteiger partial charge in [0.05, 0.1) is 29.0 Å². The molecule has 3 aromatic rings. The first-order valence-electron chi connectivity index (χ1n) is 10.3. The van der Waals surface area contributed by atoms with E-state index in [1.807, 2.05) is 0 Å². The molecule has 30 heavy (non-hydrogen) atoms. The second kappa shape index (κ2) is 7.32. The van der Waals surface area contributed by atoms with E-state index < -0.39 is 0 Å². The van der Waals surface area contributed by atoms with E-state index in [-0.39, 0.29) is 11.4 Å². The third-order valence-corrected chi connectivity index (χ3v) is 5.86. The number of anilines is 2. The number of carbonyl (C=O) groups excluding carboxylic acids is 1. The van der Waals surface area contributed by atoms with Crippen LogP contribution in [0.1, 0.15) is 60.3 Å². The summed E-state index contributed by atoms with van der Waals surface area (Å²) >= 11 is 0. The van der Waals surface area contributed by atoms with E-state index in [0.29, 0.717) is 40.0 Å². The highest BCUT2D eigenvalue weighted by molar-refractivity contribution is 6.15. The summed E-state index contributed by atoms with van der Waals surface area (Å²) in [7, 11) is 0. The molecule has 3 aromatic heterocycles. The van der Waals surface area contributed by atoms with Crippen LogP contribution in [0.4, 0.5) is 11.6 Å². The zero-order valence-electron chi connectivity index (χ0n) is 17.1. The highest BCUT2D eigenvalue weighted by atomic mass is 16.5. The molecule has 0 unspecified atom stereocenters. The number of nitrogens with one attached hydrogen (secondary N) is 2. The molecule has 0 radical (unpaired) electrons. The molecule has 1 saturated heterocycles. The number of carbonyl (C=O) groups is 1. The van der Waals surface area contributed by atoms with Crippen molar-refractivity contribution < 1.29 is 13.9 Å². The van der Waals surface area contributed by atoms with Gasteiger partial charge in [0.1, 0.15) is 17.9 Å². The zero-order valence-corrected chi connectivity index (χ0v) is 17.1. The number of amides is 1. The van der Waals surface area contributed by atoms with Crippen molar-refractivity contribution in [2.75, 3.05) is 23.8 Å². The third-order valence-electron chi connectivity index (χ3n) is 5.86. The number of fused-ring (bicyclic) bond motifs is 1. The van der Waals surface area contributed by atoms with Gasteiger partial charge < -0.3 is 19.8 Å². The van der Waals surface area contributed by atoms with Gasteiger partial charge in [0.25, 0.3) is 5.91 Å². The fourth-order valence-electron chi connectivity index (χ4n) is 3.80. The van der Waals surface area contributed by atoms with Gasteiger partial charge >= 0.3 is 0 Å². The lowest BCUT2D eigenvalue weighted by atomic mass is 9.97. The molecule has 0 atom stereocenters. The Morgan fingerprint density at radius 1 is 1.13 bits per heavy atom. The number of aryl methyl sites for hydroxylation is 1. The van der Waals surface area contributed by atoms with Crippen LogP contribution < -0.4 is 10.6 Å². The first-order chi connectivity index (χ1) is 14.5. The Balaban J connectivity index is 1.40. The predicted molar refractivity (Wildman–Crippen MR) is 111 cm³/mol. The smallest absolute Gasteiger partial charge is 0.261 e. The normalized spacial score (nSPS) is 18.3. The van der Waals surface area contributed by atoms with Gasteiger partial charge in [-0.15, -0.1) is 0 Å². The molecule has 156 valence electrons. The molecule has 0 spiro atoms. The highest BCUT2D eigenvalue weighted by Crippen LogP contribution is 2.40. The minimum atomic E-state index is -0.321. The van der Waals surface area contributed by atoms with Gasteiger partial charge in [0.15, 0.2) is 5.82 Å². The number of ether oxygens (including phenoxy) is 1. The van der Waals surface area contributed by atoms with Crippen molar-refractivity contribution in [1.29, 1.82) is 0 Å². The molecule has 1 aliphatic heterocycles. The minimum absolute atomic E-state index is 0.00562. The number of nitrogens with zero attached hydrogens (tertiary/aromatic N) is 4. The Bertz CT molecular complexity index is 1080. The summed E-state index contributed by atoms with van der Waals surface area (Å²) in [6, 6.07) is 0. The van der Waals surface area contributed by atoms with Crippen molar-refractivity contribution in [2.45, 2.75) is 51.0 Å². The van der Waals surface area contributed by atoms with Crippen LogP contribution in [0.5, 0.6) is 0 Å². The molecule has 1 aliphatic carbocycles. The Labute approximate surface area is 173 Å². The van der Waals surface area contributed by atoms with Gasteiger partial charge in [-0.2, -0.15) is 0 Å². The maximum Gasteiger partial charge on any atom is 0.261 e. The molecule has 9 heteroatoms. The SMILES string of the molecule is Cc1oc2ncnc(NC3(C)CC3)c2c1C(=O)Nc1cnc(C2CCOCC2)cn1. The molecular weight excluding hydrogens is 384 g/mol. The Morgan fingerprint density at radius 3 is 2.63 bits per heavy atom. The van der Waals surface area contributed by atoms with Gasteiger partial charge in [-0.1, -0.05) is 0 Å². The van der Waals surface area contributed by atoms with E-state index in [1.165, 1.54) is 6.33 Å². The zero-order chi connectivity index (χ0) is 20.7. The molecule has 2 aliphatic rings. The Morgan fingerprint density at radius 2 is 1.93 bits per heavy atom. The van der Waals surface area contributed by atoms with Crippen LogP contribution in [0.15, 0.2) is 23.1 Å². The molecule has 2 fully saturated rings. The van der Waals surface area contributed by atoms with E-state index in [0.717, 1.165) is 44.6 Å². The Kier molecular flexibility index (Phi) is 4.62. The van der Waals surface area contributed by atoms with Crippen LogP contribution in [0.2, 0.25) is 0 Å². The average Bonchev–Trinajstić information content (AvgIpc) is 3.37. The molecule has 0 bridgehead atoms. The van der Waals surface area contributed by atoms with Crippen LogP contribution in [-0.4, -0.2) is 44.6 Å². The van der Waals surface area contributed by atoms with Crippen LogP contribution in [0.3, 0.4) is 0 Å². The summed E-state index contributed by atoms with van der Waals surface area (Å²) in [6.07, 6.45) is 8.78. The summed E-state index contributed by atoms with van der Waals surface area (Å²) in [5, 5.41) is 6.84. The van der Waals surface area contributed by atoms with E-state index in [9.17, 15) is 4.79 Å². The minimum Gasteiger partial charge on any atom is -0.442 e. The monoisotopic (exact) mass is 408 g/mol. The first kappa shape index (κ1) is 18.9. The summed E-state index contributed by atoms with van der Waals surface area (Å²) in [4.78, 5) is 30.5. The number of hydrogen-bond donors (Lipinski definition) is 2. The number of aromatic nitrogens is 4. The van der Waals surface area contributed by atoms with Crippen LogP contribution in [-0.2, 0) is 4.74 Å². The van der Waals surface area contributed by atoms with E-state index in [1.54, 1.807) is 19.3 Å². The van der Waals surface area contributed by atoms with Gasteiger partial charge in [0, 0.05) is 24.7 Å². The van der Waals surface area contributed by atoms with Crippen molar-refractivity contribution in [3.8, 4) is 0 Å². The molecule has 2 N–H and O–H groups in total. The molecule has 9 nitrogen and oxygen atoms in total. The fraction of sp³-hybridized carbons (Fsp3) is 0.476. The summed E-state index contributed by atoms with van der Waals surface area (Å²) < 4.78 is 11.1. The Hall–Kier alpha value is -3.07. The molecule has 1 saturated carbocycles. The van der Waals surface area contributed by atoms with E-state index in [2.05, 4.69) is 37.5 Å². The van der Waals surface area contributed by atoms with Gasteiger partial charge in [-0.3, -0.25) is 9.78 Å².